The lowest BCUT2D eigenvalue weighted by molar-refractivity contribution is 0.0697. The molecule has 5 rings (SSSR count). The van der Waals surface area contributed by atoms with Crippen molar-refractivity contribution in [3.8, 4) is 0 Å². The lowest BCUT2D eigenvalue weighted by atomic mass is 9.67. The van der Waals surface area contributed by atoms with E-state index in [0.29, 0.717) is 23.3 Å². The molecule has 0 saturated heterocycles. The fourth-order valence-electron chi connectivity index (χ4n) is 5.69. The third kappa shape index (κ3) is 2.27. The first-order valence-corrected chi connectivity index (χ1v) is 9.81. The first kappa shape index (κ1) is 15.4. The van der Waals surface area contributed by atoms with E-state index in [1.54, 1.807) is 6.07 Å². The van der Waals surface area contributed by atoms with Crippen LogP contribution in [0.1, 0.15) is 52.7 Å². The maximum atomic E-state index is 11.8. The van der Waals surface area contributed by atoms with Crippen LogP contribution in [0, 0.1) is 17.8 Å². The van der Waals surface area contributed by atoms with Crippen molar-refractivity contribution in [2.75, 3.05) is 5.32 Å². The molecule has 2 aromatic rings. The quantitative estimate of drug-likeness (QED) is 0.708. The molecule has 0 amide bonds. The van der Waals surface area contributed by atoms with Gasteiger partial charge in [0.25, 0.3) is 0 Å². The smallest absolute Gasteiger partial charge is 0.337 e. The number of hydrogen-bond acceptors (Lipinski definition) is 2. The Hall–Kier alpha value is -1.81. The number of carboxylic acids is 1. The molecule has 4 heteroatoms. The van der Waals surface area contributed by atoms with Crippen LogP contribution in [0.3, 0.4) is 0 Å². The zero-order chi connectivity index (χ0) is 17.1. The summed E-state index contributed by atoms with van der Waals surface area (Å²) < 4.78 is 1.07. The van der Waals surface area contributed by atoms with Gasteiger partial charge < -0.3 is 10.4 Å². The van der Waals surface area contributed by atoms with Crippen LogP contribution in [0.5, 0.6) is 0 Å². The zero-order valence-electron chi connectivity index (χ0n) is 13.8. The number of halogens is 1. The van der Waals surface area contributed by atoms with Crippen LogP contribution in [0.15, 0.2) is 46.9 Å². The van der Waals surface area contributed by atoms with E-state index >= 15 is 0 Å². The summed E-state index contributed by atoms with van der Waals surface area (Å²) in [6, 6.07) is 14.5. The van der Waals surface area contributed by atoms with E-state index in [1.807, 2.05) is 6.07 Å². The Labute approximate surface area is 155 Å². The molecule has 128 valence electrons. The SMILES string of the molecule is O=C(O)c1cccc2c1N[C@@H](c1ccc(Br)cc1)[C@@H]1[C@@H]3CC[C@H](C3)[C@H]21. The van der Waals surface area contributed by atoms with Gasteiger partial charge in [-0.3, -0.25) is 0 Å². The Kier molecular flexibility index (Phi) is 3.46. The highest BCUT2D eigenvalue weighted by Gasteiger charge is 2.54. The molecule has 0 radical (unpaired) electrons. The Bertz CT molecular complexity index is 847. The Morgan fingerprint density at radius 3 is 2.60 bits per heavy atom. The van der Waals surface area contributed by atoms with Crippen molar-refractivity contribution in [1.82, 2.24) is 0 Å². The monoisotopic (exact) mass is 397 g/mol. The number of anilines is 1. The topological polar surface area (TPSA) is 49.3 Å². The van der Waals surface area contributed by atoms with Gasteiger partial charge in [0.05, 0.1) is 17.3 Å². The molecule has 0 unspecified atom stereocenters. The third-order valence-electron chi connectivity index (χ3n) is 6.58. The molecule has 1 heterocycles. The highest BCUT2D eigenvalue weighted by atomic mass is 79.9. The maximum absolute atomic E-state index is 11.8. The van der Waals surface area contributed by atoms with Gasteiger partial charge in [-0.2, -0.15) is 0 Å². The first-order valence-electron chi connectivity index (χ1n) is 9.01. The second kappa shape index (κ2) is 5.60. The molecule has 5 atom stereocenters. The molecular formula is C21H20BrNO2. The highest BCUT2D eigenvalue weighted by Crippen LogP contribution is 2.63. The largest absolute Gasteiger partial charge is 0.478 e. The first-order chi connectivity index (χ1) is 12.1. The predicted octanol–water partition coefficient (Wildman–Crippen LogP) is 5.44. The predicted molar refractivity (Wildman–Crippen MR) is 101 cm³/mol. The van der Waals surface area contributed by atoms with E-state index in [2.05, 4.69) is 51.6 Å². The molecule has 2 aliphatic carbocycles. The van der Waals surface area contributed by atoms with Crippen molar-refractivity contribution < 1.29 is 9.90 Å². The van der Waals surface area contributed by atoms with Crippen LogP contribution >= 0.6 is 15.9 Å². The van der Waals surface area contributed by atoms with E-state index in [0.717, 1.165) is 16.1 Å². The lowest BCUT2D eigenvalue weighted by Crippen LogP contribution is -2.36. The summed E-state index contributed by atoms with van der Waals surface area (Å²) in [7, 11) is 0. The van der Waals surface area contributed by atoms with Gasteiger partial charge in [-0.1, -0.05) is 40.2 Å². The Balaban J connectivity index is 1.67. The van der Waals surface area contributed by atoms with Crippen LogP contribution in [0.2, 0.25) is 0 Å². The summed E-state index contributed by atoms with van der Waals surface area (Å²) in [5.41, 5.74) is 3.74. The summed E-state index contributed by atoms with van der Waals surface area (Å²) >= 11 is 3.52. The van der Waals surface area contributed by atoms with E-state index in [-0.39, 0.29) is 6.04 Å². The molecule has 2 bridgehead atoms. The second-order valence-corrected chi connectivity index (χ2v) is 8.60. The van der Waals surface area contributed by atoms with Crippen LogP contribution in [-0.4, -0.2) is 11.1 Å². The van der Waals surface area contributed by atoms with Gasteiger partial charge in [0.15, 0.2) is 0 Å². The molecule has 1 aliphatic heterocycles. The summed E-state index contributed by atoms with van der Waals surface area (Å²) in [6.45, 7) is 0. The number of rotatable bonds is 2. The molecule has 0 spiro atoms. The highest BCUT2D eigenvalue weighted by molar-refractivity contribution is 9.10. The van der Waals surface area contributed by atoms with Gasteiger partial charge in [-0.25, -0.2) is 4.79 Å². The summed E-state index contributed by atoms with van der Waals surface area (Å²) in [5, 5.41) is 13.3. The average molecular weight is 398 g/mol. The molecule has 25 heavy (non-hydrogen) atoms. The average Bonchev–Trinajstić information content (AvgIpc) is 3.23. The fourth-order valence-corrected chi connectivity index (χ4v) is 5.96. The maximum Gasteiger partial charge on any atom is 0.337 e. The van der Waals surface area contributed by atoms with Crippen LogP contribution < -0.4 is 5.32 Å². The van der Waals surface area contributed by atoms with Gasteiger partial charge in [0, 0.05) is 4.47 Å². The minimum Gasteiger partial charge on any atom is -0.478 e. The van der Waals surface area contributed by atoms with E-state index < -0.39 is 5.97 Å². The summed E-state index contributed by atoms with van der Waals surface area (Å²) in [6.07, 6.45) is 3.89. The molecule has 2 saturated carbocycles. The van der Waals surface area contributed by atoms with E-state index in [1.165, 1.54) is 30.4 Å². The van der Waals surface area contributed by atoms with Gasteiger partial charge in [-0.05, 0) is 72.3 Å². The van der Waals surface area contributed by atoms with Crippen molar-refractivity contribution in [1.29, 1.82) is 0 Å². The molecule has 2 N–H and O–H groups in total. The minimum absolute atomic E-state index is 0.196. The summed E-state index contributed by atoms with van der Waals surface area (Å²) in [5.74, 6) is 1.66. The number of carbonyl (C=O) groups is 1. The fraction of sp³-hybridized carbons (Fsp3) is 0.381. The zero-order valence-corrected chi connectivity index (χ0v) is 15.4. The van der Waals surface area contributed by atoms with Gasteiger partial charge >= 0.3 is 5.97 Å². The minimum atomic E-state index is -0.847. The molecule has 0 aromatic heterocycles. The molecular weight excluding hydrogens is 378 g/mol. The van der Waals surface area contributed by atoms with Crippen molar-refractivity contribution in [3.05, 3.63) is 63.6 Å². The van der Waals surface area contributed by atoms with E-state index in [4.69, 9.17) is 0 Å². The molecule has 2 fully saturated rings. The van der Waals surface area contributed by atoms with Gasteiger partial charge in [0.1, 0.15) is 0 Å². The van der Waals surface area contributed by atoms with Gasteiger partial charge in [-0.15, -0.1) is 0 Å². The number of carboxylic acid groups (broad SMARTS) is 1. The van der Waals surface area contributed by atoms with Crippen LogP contribution in [0.25, 0.3) is 0 Å². The Morgan fingerprint density at radius 2 is 1.84 bits per heavy atom. The standard InChI is InChI=1S/C21H20BrNO2/c22-14-8-6-11(7-9-14)19-18-13-5-4-12(10-13)17(18)15-2-1-3-16(21(24)25)20(15)23-19/h1-3,6-9,12-13,17-19,23H,4-5,10H2,(H,24,25)/t12-,13-,17-,18-,19+/m1/s1. The number of aromatic carboxylic acids is 1. The number of nitrogens with one attached hydrogen (secondary N) is 1. The van der Waals surface area contributed by atoms with Crippen molar-refractivity contribution >= 4 is 27.6 Å². The lowest BCUT2D eigenvalue weighted by Gasteiger charge is -2.44. The van der Waals surface area contributed by atoms with Crippen LogP contribution in [-0.2, 0) is 0 Å². The third-order valence-corrected chi connectivity index (χ3v) is 7.11. The van der Waals surface area contributed by atoms with E-state index in [9.17, 15) is 9.90 Å². The van der Waals surface area contributed by atoms with Crippen LogP contribution in [0.4, 0.5) is 5.69 Å². The molecule has 3 nitrogen and oxygen atoms in total. The van der Waals surface area contributed by atoms with Crippen molar-refractivity contribution in [2.45, 2.75) is 31.2 Å². The second-order valence-electron chi connectivity index (χ2n) is 7.68. The summed E-state index contributed by atoms with van der Waals surface area (Å²) in [4.78, 5) is 11.8. The Morgan fingerprint density at radius 1 is 1.08 bits per heavy atom. The number of hydrogen-bond donors (Lipinski definition) is 2. The number of para-hydroxylation sites is 1. The number of fused-ring (bicyclic) bond motifs is 7. The van der Waals surface area contributed by atoms with Gasteiger partial charge in [0.2, 0.25) is 0 Å². The normalized spacial score (nSPS) is 32.0. The molecule has 3 aliphatic rings. The van der Waals surface area contributed by atoms with Crippen molar-refractivity contribution in [3.63, 3.8) is 0 Å². The number of benzene rings is 2. The van der Waals surface area contributed by atoms with Crippen molar-refractivity contribution in [2.24, 2.45) is 17.8 Å². The molecule has 2 aromatic carbocycles.